The van der Waals surface area contributed by atoms with E-state index in [1.54, 1.807) is 20.8 Å². The van der Waals surface area contributed by atoms with E-state index in [1.165, 1.54) is 0 Å². The lowest BCUT2D eigenvalue weighted by molar-refractivity contribution is -0.108. The molecule has 0 aliphatic carbocycles. The second-order valence-electron chi connectivity index (χ2n) is 4.50. The van der Waals surface area contributed by atoms with Gasteiger partial charge in [-0.2, -0.15) is 0 Å². The Labute approximate surface area is 83.2 Å². The summed E-state index contributed by atoms with van der Waals surface area (Å²) in [6.07, 6.45) is -0.334. The molecule has 1 amide bonds. The Balaban J connectivity index is 2.55. The topological polar surface area (TPSA) is 55.6 Å². The summed E-state index contributed by atoms with van der Waals surface area (Å²) in [6, 6.07) is 0. The lowest BCUT2D eigenvalue weighted by atomic mass is 10.0. The van der Waals surface area contributed by atoms with Crippen LogP contribution in [0, 0.1) is 0 Å². The maximum absolute atomic E-state index is 13.6. The van der Waals surface area contributed by atoms with Gasteiger partial charge in [-0.1, -0.05) is 0 Å². The van der Waals surface area contributed by atoms with Crippen LogP contribution in [0.15, 0.2) is 0 Å². The second-order valence-corrected chi connectivity index (χ2v) is 4.50. The average Bonchev–Trinajstić information content (AvgIpc) is 1.97. The number of rotatable bonds is 1. The van der Waals surface area contributed by atoms with Crippen molar-refractivity contribution >= 4 is 6.09 Å². The smallest absolute Gasteiger partial charge is 0.412 e. The van der Waals surface area contributed by atoms with Crippen LogP contribution in [0.4, 0.5) is 9.18 Å². The first-order valence-electron chi connectivity index (χ1n) is 4.68. The number of carbonyl (C=O) groups excluding carboxylic acids is 1. The molecule has 14 heavy (non-hydrogen) atoms. The third-order valence-electron chi connectivity index (χ3n) is 2.13. The van der Waals surface area contributed by atoms with Gasteiger partial charge in [0.25, 0.3) is 0 Å². The highest BCUT2D eigenvalue weighted by molar-refractivity contribution is 5.70. The van der Waals surface area contributed by atoms with Gasteiger partial charge in [-0.3, -0.25) is 4.90 Å². The molecule has 1 rings (SSSR count). The van der Waals surface area contributed by atoms with Crippen molar-refractivity contribution in [1.29, 1.82) is 0 Å². The van der Waals surface area contributed by atoms with Crippen LogP contribution < -0.4 is 5.73 Å². The van der Waals surface area contributed by atoms with Crippen molar-refractivity contribution in [3.8, 4) is 0 Å². The predicted octanol–water partition coefficient (Wildman–Crippen LogP) is 1.25. The fourth-order valence-electron chi connectivity index (χ4n) is 1.25. The van der Waals surface area contributed by atoms with Crippen LogP contribution in [-0.4, -0.2) is 35.5 Å². The molecule has 0 saturated carbocycles. The summed E-state index contributed by atoms with van der Waals surface area (Å²) in [5.41, 5.74) is 4.64. The summed E-state index contributed by atoms with van der Waals surface area (Å²) in [6.45, 7) is 5.43. The van der Waals surface area contributed by atoms with Gasteiger partial charge in [0, 0.05) is 19.5 Å². The zero-order valence-corrected chi connectivity index (χ0v) is 8.84. The molecule has 1 atom stereocenters. The highest BCUT2D eigenvalue weighted by Crippen LogP contribution is 2.32. The number of nitrogens with two attached hydrogens (primary N) is 1. The number of likely N-dealkylation sites (tertiary alicyclic amines) is 1. The third kappa shape index (κ3) is 2.15. The molecule has 0 aromatic carbocycles. The molecule has 1 heterocycles. The fourth-order valence-corrected chi connectivity index (χ4v) is 1.25. The number of alkyl halides is 1. The van der Waals surface area contributed by atoms with Crippen molar-refractivity contribution in [3.63, 3.8) is 0 Å². The van der Waals surface area contributed by atoms with E-state index in [9.17, 15) is 9.18 Å². The minimum Gasteiger partial charge on any atom is -0.444 e. The van der Waals surface area contributed by atoms with Crippen molar-refractivity contribution in [2.45, 2.75) is 38.6 Å². The molecule has 1 fully saturated rings. The SMILES string of the molecule is CC(C)(C)OC(=O)N1CCC1(F)CN. The van der Waals surface area contributed by atoms with Crippen molar-refractivity contribution in [3.05, 3.63) is 0 Å². The molecular weight excluding hydrogens is 187 g/mol. The first-order chi connectivity index (χ1) is 6.28. The van der Waals surface area contributed by atoms with E-state index in [2.05, 4.69) is 0 Å². The average molecular weight is 204 g/mol. The van der Waals surface area contributed by atoms with Crippen LogP contribution in [0.2, 0.25) is 0 Å². The van der Waals surface area contributed by atoms with Gasteiger partial charge < -0.3 is 10.5 Å². The second kappa shape index (κ2) is 3.38. The summed E-state index contributed by atoms with van der Waals surface area (Å²) < 4.78 is 18.7. The van der Waals surface area contributed by atoms with Crippen molar-refractivity contribution in [1.82, 2.24) is 4.90 Å². The summed E-state index contributed by atoms with van der Waals surface area (Å²) >= 11 is 0. The van der Waals surface area contributed by atoms with Gasteiger partial charge in [0.15, 0.2) is 0 Å². The van der Waals surface area contributed by atoms with Gasteiger partial charge in [0.2, 0.25) is 5.79 Å². The van der Waals surface area contributed by atoms with E-state index in [4.69, 9.17) is 10.5 Å². The molecule has 1 aliphatic heterocycles. The largest absolute Gasteiger partial charge is 0.444 e. The Morgan fingerprint density at radius 1 is 1.64 bits per heavy atom. The zero-order chi connectivity index (χ0) is 11.0. The first kappa shape index (κ1) is 11.2. The number of nitrogens with zero attached hydrogens (tertiary/aromatic N) is 1. The molecule has 5 heteroatoms. The van der Waals surface area contributed by atoms with E-state index in [1.807, 2.05) is 0 Å². The van der Waals surface area contributed by atoms with Crippen LogP contribution in [0.1, 0.15) is 27.2 Å². The van der Waals surface area contributed by atoms with E-state index < -0.39 is 17.5 Å². The summed E-state index contributed by atoms with van der Waals surface area (Å²) in [4.78, 5) is 12.5. The lowest BCUT2D eigenvalue weighted by Gasteiger charge is -2.45. The third-order valence-corrected chi connectivity index (χ3v) is 2.13. The van der Waals surface area contributed by atoms with E-state index in [-0.39, 0.29) is 6.54 Å². The molecule has 0 aromatic rings. The Morgan fingerprint density at radius 2 is 2.21 bits per heavy atom. The molecule has 1 saturated heterocycles. The molecule has 1 aliphatic rings. The first-order valence-corrected chi connectivity index (χ1v) is 4.68. The summed E-state index contributed by atoms with van der Waals surface area (Å²) in [7, 11) is 0. The monoisotopic (exact) mass is 204 g/mol. The number of hydrogen-bond acceptors (Lipinski definition) is 3. The Hall–Kier alpha value is -0.840. The molecule has 2 N–H and O–H groups in total. The Kier molecular flexibility index (Phi) is 2.71. The van der Waals surface area contributed by atoms with E-state index in [0.717, 1.165) is 4.90 Å². The lowest BCUT2D eigenvalue weighted by Crippen LogP contribution is -2.63. The fraction of sp³-hybridized carbons (Fsp3) is 0.889. The van der Waals surface area contributed by atoms with Crippen LogP contribution in [0.25, 0.3) is 0 Å². The van der Waals surface area contributed by atoms with Gasteiger partial charge in [0.05, 0.1) is 0 Å². The van der Waals surface area contributed by atoms with Crippen LogP contribution in [0.3, 0.4) is 0 Å². The van der Waals surface area contributed by atoms with Crippen molar-refractivity contribution < 1.29 is 13.9 Å². The van der Waals surface area contributed by atoms with Crippen LogP contribution in [0.5, 0.6) is 0 Å². The van der Waals surface area contributed by atoms with Gasteiger partial charge in [-0.25, -0.2) is 9.18 Å². The zero-order valence-electron chi connectivity index (χ0n) is 8.84. The molecule has 0 bridgehead atoms. The quantitative estimate of drug-likeness (QED) is 0.654. The van der Waals surface area contributed by atoms with Gasteiger partial charge in [-0.15, -0.1) is 0 Å². The minimum atomic E-state index is -1.69. The molecular formula is C9H17FN2O2. The number of ether oxygens (including phenoxy) is 1. The summed E-state index contributed by atoms with van der Waals surface area (Å²) in [5.74, 6) is -1.69. The predicted molar refractivity (Wildman–Crippen MR) is 50.5 cm³/mol. The van der Waals surface area contributed by atoms with Crippen molar-refractivity contribution in [2.75, 3.05) is 13.1 Å². The van der Waals surface area contributed by atoms with E-state index in [0.29, 0.717) is 13.0 Å². The molecule has 0 radical (unpaired) electrons. The highest BCUT2D eigenvalue weighted by atomic mass is 19.1. The van der Waals surface area contributed by atoms with Crippen LogP contribution >= 0.6 is 0 Å². The Morgan fingerprint density at radius 3 is 2.50 bits per heavy atom. The van der Waals surface area contributed by atoms with Crippen LogP contribution in [-0.2, 0) is 4.74 Å². The van der Waals surface area contributed by atoms with Gasteiger partial charge >= 0.3 is 6.09 Å². The highest BCUT2D eigenvalue weighted by Gasteiger charge is 2.48. The molecule has 0 spiro atoms. The minimum absolute atomic E-state index is 0.174. The summed E-state index contributed by atoms with van der Waals surface area (Å²) in [5, 5.41) is 0. The number of amides is 1. The standard InChI is InChI=1S/C9H17FN2O2/c1-8(2,3)14-7(13)12-5-4-9(12,10)6-11/h4-6,11H2,1-3H3. The van der Waals surface area contributed by atoms with Gasteiger partial charge in [0.1, 0.15) is 5.60 Å². The maximum atomic E-state index is 13.6. The molecule has 82 valence electrons. The maximum Gasteiger partial charge on any atom is 0.412 e. The molecule has 1 unspecified atom stereocenters. The number of hydrogen-bond donors (Lipinski definition) is 1. The normalized spacial score (nSPS) is 27.1. The molecule has 4 nitrogen and oxygen atoms in total. The van der Waals surface area contributed by atoms with E-state index >= 15 is 0 Å². The van der Waals surface area contributed by atoms with Gasteiger partial charge in [-0.05, 0) is 20.8 Å². The van der Waals surface area contributed by atoms with Crippen molar-refractivity contribution in [2.24, 2.45) is 5.73 Å². The number of halogens is 1. The Bertz CT molecular complexity index is 235. The molecule has 0 aromatic heterocycles. The number of carbonyl (C=O) groups is 1.